The van der Waals surface area contributed by atoms with Gasteiger partial charge < -0.3 is 49.7 Å². The van der Waals surface area contributed by atoms with Crippen molar-refractivity contribution in [3.05, 3.63) is 121 Å². The van der Waals surface area contributed by atoms with Crippen LogP contribution in [0, 0.1) is 13.8 Å². The molecule has 0 amide bonds. The maximum atomic E-state index is 12.1. The molecular formula is C61H82N10O14S2. The van der Waals surface area contributed by atoms with Gasteiger partial charge in [0.25, 0.3) is 20.2 Å². The van der Waals surface area contributed by atoms with E-state index in [2.05, 4.69) is 73.5 Å². The molecule has 0 spiro atoms. The van der Waals surface area contributed by atoms with Crippen molar-refractivity contribution in [1.82, 2.24) is 39.5 Å². The van der Waals surface area contributed by atoms with Crippen LogP contribution >= 0.6 is 0 Å². The fourth-order valence-corrected chi connectivity index (χ4v) is 9.80. The van der Waals surface area contributed by atoms with Gasteiger partial charge in [-0.3, -0.25) is 8.37 Å². The molecule has 0 radical (unpaired) electrons. The molecule has 472 valence electrons. The molecule has 5 N–H and O–H groups in total. The zero-order valence-electron chi connectivity index (χ0n) is 51.0. The van der Waals surface area contributed by atoms with Crippen molar-refractivity contribution >= 4 is 53.9 Å². The summed E-state index contributed by atoms with van der Waals surface area (Å²) in [5.74, 6) is 1.71. The minimum Gasteiger partial charge on any atom is -0.508 e. The summed E-state index contributed by atoms with van der Waals surface area (Å²) in [6, 6.07) is 27.5. The largest absolute Gasteiger partial charge is 0.508 e. The average molecular weight is 1240 g/mol. The number of aromatic nitrogens is 8. The number of aromatic hydroxyl groups is 1. The Bertz CT molecular complexity index is 3600. The number of hydrogen-bond donors (Lipinski definition) is 3. The fourth-order valence-electron chi connectivity index (χ4n) is 8.01. The van der Waals surface area contributed by atoms with Gasteiger partial charge in [0.15, 0.2) is 11.3 Å². The molecule has 26 heteroatoms. The second-order valence-electron chi connectivity index (χ2n) is 21.5. The molecule has 0 atom stereocenters. The van der Waals surface area contributed by atoms with Gasteiger partial charge >= 0.3 is 0 Å². The third-order valence-corrected chi connectivity index (χ3v) is 15.1. The first-order valence-electron chi connectivity index (χ1n) is 28.4. The fraction of sp³-hybridized carbons (Fsp3) is 0.443. The molecule has 0 saturated carbocycles. The topological polar surface area (TPSA) is 311 Å². The van der Waals surface area contributed by atoms with Gasteiger partial charge in [-0.25, -0.2) is 29.3 Å². The molecule has 4 aromatic heterocycles. The van der Waals surface area contributed by atoms with Gasteiger partial charge in [-0.15, -0.1) is 0 Å². The van der Waals surface area contributed by atoms with Crippen LogP contribution in [0.5, 0.6) is 11.5 Å². The average Bonchev–Trinajstić information content (AvgIpc) is 1.69. The summed E-state index contributed by atoms with van der Waals surface area (Å²) in [6.07, 6.45) is 3.89. The highest BCUT2D eigenvalue weighted by atomic mass is 32.2. The number of nitrogens with two attached hydrogens (primary N) is 2. The summed E-state index contributed by atoms with van der Waals surface area (Å²) in [5, 5.41) is 20.4. The lowest BCUT2D eigenvalue weighted by molar-refractivity contribution is 0.00528. The molecule has 8 rings (SSSR count). The Morgan fingerprint density at radius 1 is 0.448 bits per heavy atom. The predicted octanol–water partition coefficient (Wildman–Crippen LogP) is 8.67. The van der Waals surface area contributed by atoms with E-state index in [1.165, 1.54) is 36.9 Å². The summed E-state index contributed by atoms with van der Waals surface area (Å²) < 4.78 is 99.6. The molecule has 0 aliphatic rings. The molecule has 8 aromatic rings. The highest BCUT2D eigenvalue weighted by Crippen LogP contribution is 2.35. The third-order valence-electron chi connectivity index (χ3n) is 12.4. The summed E-state index contributed by atoms with van der Waals surface area (Å²) in [5.41, 5.74) is 18.3. The number of benzene rings is 4. The van der Waals surface area contributed by atoms with Crippen LogP contribution < -0.4 is 16.2 Å². The lowest BCUT2D eigenvalue weighted by Crippen LogP contribution is -2.23. The zero-order valence-corrected chi connectivity index (χ0v) is 52.6. The number of anilines is 2. The van der Waals surface area contributed by atoms with Crippen LogP contribution in [0.2, 0.25) is 0 Å². The summed E-state index contributed by atoms with van der Waals surface area (Å²) in [6.45, 7) is 23.4. The minimum absolute atomic E-state index is 0.0180. The number of nitrogen functional groups attached to an aromatic ring is 2. The molecule has 0 unspecified atom stereocenters. The minimum atomic E-state index is -3.78. The first kappa shape index (κ1) is 68.9. The van der Waals surface area contributed by atoms with Crippen molar-refractivity contribution in [3.8, 4) is 34.0 Å². The Labute approximate surface area is 509 Å². The highest BCUT2D eigenvalue weighted by molar-refractivity contribution is 7.87. The Balaban J connectivity index is 0.000000230. The van der Waals surface area contributed by atoms with Gasteiger partial charge in [-0.2, -0.15) is 27.0 Å². The van der Waals surface area contributed by atoms with E-state index in [-0.39, 0.29) is 53.0 Å². The summed E-state index contributed by atoms with van der Waals surface area (Å²) in [7, 11) is -7.50. The van der Waals surface area contributed by atoms with Gasteiger partial charge in [0.1, 0.15) is 53.8 Å². The molecule has 87 heavy (non-hydrogen) atoms. The standard InChI is InChI=1S/C30H39N5O7S.C16H26O6S.C15H17N5O/c1-22-5-11-25(12-6-22)43(36,37)42-20-18-40-16-14-38-13-15-39-17-19-41-24-9-7-23(8-10-24)27-26-28(31)32-21-33-29(26)35(34-27)30(2,3)4;1-3-8-19-9-10-20-11-12-21-13-14-22-23(17,18)16-6-4-15(2)5-7-16;1-15(2,3)20-14-11(13(16)17-8-18-14)12(19-20)9-4-6-10(21)7-5-9/h5-12,21H,13-20H2,1-4H3,(H2,31,32,33);4-7H,3,8-14H2,1-2H3;4-8,21H,1-3H3,(H2,16,17,18). The van der Waals surface area contributed by atoms with Gasteiger partial charge in [0, 0.05) is 17.7 Å². The quantitative estimate of drug-likeness (QED) is 0.0280. The lowest BCUT2D eigenvalue weighted by atomic mass is 10.1. The van der Waals surface area contributed by atoms with E-state index in [1.54, 1.807) is 48.5 Å². The lowest BCUT2D eigenvalue weighted by Gasteiger charge is -2.19. The number of hydrogen-bond acceptors (Lipinski definition) is 22. The normalized spacial score (nSPS) is 12.0. The van der Waals surface area contributed by atoms with Crippen LogP contribution in [0.25, 0.3) is 44.6 Å². The van der Waals surface area contributed by atoms with E-state index >= 15 is 0 Å². The smallest absolute Gasteiger partial charge is 0.297 e. The predicted molar refractivity (Wildman–Crippen MR) is 331 cm³/mol. The Morgan fingerprint density at radius 3 is 1.14 bits per heavy atom. The van der Waals surface area contributed by atoms with E-state index < -0.39 is 20.2 Å². The van der Waals surface area contributed by atoms with Crippen LogP contribution in [-0.4, -0.2) is 161 Å². The first-order chi connectivity index (χ1) is 41.5. The van der Waals surface area contributed by atoms with Gasteiger partial charge in [-0.1, -0.05) is 42.3 Å². The Kier molecular flexibility index (Phi) is 26.3. The van der Waals surface area contributed by atoms with Gasteiger partial charge in [0.2, 0.25) is 0 Å². The Hall–Kier alpha value is -7.24. The van der Waals surface area contributed by atoms with Crippen molar-refractivity contribution in [2.75, 3.05) is 111 Å². The number of ether oxygens (including phenoxy) is 7. The van der Waals surface area contributed by atoms with E-state index in [1.807, 2.05) is 47.5 Å². The second-order valence-corrected chi connectivity index (χ2v) is 24.8. The number of phenolic OH excluding ortho intramolecular Hbond substituents is 1. The van der Waals surface area contributed by atoms with Crippen molar-refractivity contribution in [3.63, 3.8) is 0 Å². The number of aryl methyl sites for hydroxylation is 2. The first-order valence-corrected chi connectivity index (χ1v) is 31.2. The van der Waals surface area contributed by atoms with Crippen LogP contribution in [0.15, 0.2) is 120 Å². The molecule has 0 aliphatic heterocycles. The molecule has 0 aliphatic carbocycles. The molecule has 4 heterocycles. The highest BCUT2D eigenvalue weighted by Gasteiger charge is 2.26. The molecule has 4 aromatic carbocycles. The molecule has 24 nitrogen and oxygen atoms in total. The maximum absolute atomic E-state index is 12.1. The number of fused-ring (bicyclic) bond motifs is 2. The maximum Gasteiger partial charge on any atom is 0.297 e. The van der Waals surface area contributed by atoms with Crippen LogP contribution in [0.4, 0.5) is 11.6 Å². The van der Waals surface area contributed by atoms with E-state index in [9.17, 15) is 21.9 Å². The molecular weight excluding hydrogens is 1160 g/mol. The van der Waals surface area contributed by atoms with Gasteiger partial charge in [-0.05, 0) is 135 Å². The zero-order chi connectivity index (χ0) is 63.0. The molecule has 0 bridgehead atoms. The van der Waals surface area contributed by atoms with Crippen molar-refractivity contribution in [1.29, 1.82) is 0 Å². The second kappa shape index (κ2) is 33.2. The van der Waals surface area contributed by atoms with Crippen LogP contribution in [-0.2, 0) is 68.1 Å². The Morgan fingerprint density at radius 2 is 0.782 bits per heavy atom. The van der Waals surface area contributed by atoms with Crippen LogP contribution in [0.1, 0.15) is 66.0 Å². The summed E-state index contributed by atoms with van der Waals surface area (Å²) in [4.78, 5) is 17.3. The van der Waals surface area contributed by atoms with Crippen LogP contribution in [0.3, 0.4) is 0 Å². The number of phenols is 1. The van der Waals surface area contributed by atoms with E-state index in [0.29, 0.717) is 94.7 Å². The molecule has 0 fully saturated rings. The van der Waals surface area contributed by atoms with Crippen molar-refractivity contribution in [2.45, 2.75) is 89.6 Å². The van der Waals surface area contributed by atoms with E-state index in [4.69, 9.17) is 58.1 Å². The van der Waals surface area contributed by atoms with Crippen molar-refractivity contribution < 1.29 is 63.5 Å². The van der Waals surface area contributed by atoms with Gasteiger partial charge in [0.05, 0.1) is 118 Å². The summed E-state index contributed by atoms with van der Waals surface area (Å²) >= 11 is 0. The third kappa shape index (κ3) is 21.3. The monoisotopic (exact) mass is 1240 g/mol. The number of rotatable bonds is 30. The van der Waals surface area contributed by atoms with Crippen molar-refractivity contribution in [2.24, 2.45) is 0 Å². The number of nitrogens with zero attached hydrogens (tertiary/aromatic N) is 8. The SMILES string of the molecule is CC(C)(C)n1nc(-c2ccc(O)cc2)c2c(N)ncnc21.CCCOCCOCCOCCOS(=O)(=O)c1ccc(C)cc1.Cc1ccc(S(=O)(=O)OCCOCCOCCOCCOc2ccc(-c3nn(C(C)(C)C)c4ncnc(N)c34)cc2)cc1. The molecule has 0 saturated heterocycles. The van der Waals surface area contributed by atoms with E-state index in [0.717, 1.165) is 57.4 Å².